The number of rotatable bonds is 4. The third kappa shape index (κ3) is 4.16. The molecule has 0 spiro atoms. The van der Waals surface area contributed by atoms with Crippen molar-refractivity contribution in [1.29, 1.82) is 0 Å². The van der Waals surface area contributed by atoms with Crippen LogP contribution in [-0.4, -0.2) is 10.2 Å². The van der Waals surface area contributed by atoms with Crippen LogP contribution in [0.4, 0.5) is 5.82 Å². The van der Waals surface area contributed by atoms with Gasteiger partial charge in [-0.1, -0.05) is 23.2 Å². The van der Waals surface area contributed by atoms with Crippen molar-refractivity contribution in [2.45, 2.75) is 12.7 Å². The molecule has 0 radical (unpaired) electrons. The summed E-state index contributed by atoms with van der Waals surface area (Å²) in [6, 6.07) is 6.83. The number of hydrogen-bond donors (Lipinski definition) is 2. The highest BCUT2D eigenvalue weighted by Gasteiger charge is 2.03. The second kappa shape index (κ2) is 6.32. The molecule has 2 aromatic rings. The van der Waals surface area contributed by atoms with Crippen LogP contribution in [-0.2, 0) is 5.75 Å². The Bertz CT molecular complexity index is 625. The van der Waals surface area contributed by atoms with Crippen molar-refractivity contribution in [2.75, 3.05) is 4.72 Å². The average Bonchev–Trinajstić information content (AvgIpc) is 2.30. The first-order valence-corrected chi connectivity index (χ1v) is 7.18. The minimum atomic E-state index is -0.145. The summed E-state index contributed by atoms with van der Waals surface area (Å²) >= 11 is 13.2. The molecule has 0 saturated heterocycles. The number of halogens is 2. The first kappa shape index (κ1) is 14.2. The van der Waals surface area contributed by atoms with Crippen LogP contribution >= 0.6 is 35.1 Å². The minimum absolute atomic E-state index is 0.145. The van der Waals surface area contributed by atoms with E-state index < -0.39 is 0 Å². The van der Waals surface area contributed by atoms with E-state index in [9.17, 15) is 4.79 Å². The van der Waals surface area contributed by atoms with Crippen molar-refractivity contribution in [1.82, 2.24) is 10.2 Å². The molecule has 2 N–H and O–H groups in total. The number of aromatic amines is 1. The lowest BCUT2D eigenvalue weighted by Crippen LogP contribution is -2.10. The summed E-state index contributed by atoms with van der Waals surface area (Å²) in [6.45, 7) is 1.78. The maximum Gasteiger partial charge on any atom is 0.225 e. The standard InChI is InChI=1S/C12H11Cl2N3OS/c1-7-2-11(18)12(16-15-7)17-19-6-8-3-9(13)5-10(14)4-8/h2-5H,6H2,1H3,(H,15,18)(H,16,17). The quantitative estimate of drug-likeness (QED) is 0.846. The molecule has 1 aromatic heterocycles. The monoisotopic (exact) mass is 315 g/mol. The van der Waals surface area contributed by atoms with Crippen molar-refractivity contribution in [3.8, 4) is 0 Å². The van der Waals surface area contributed by atoms with E-state index in [1.54, 1.807) is 13.0 Å². The number of H-pyrrole nitrogens is 1. The van der Waals surface area contributed by atoms with Gasteiger partial charge in [0.2, 0.25) is 11.2 Å². The lowest BCUT2D eigenvalue weighted by molar-refractivity contribution is 0.979. The van der Waals surface area contributed by atoms with Crippen LogP contribution in [0.1, 0.15) is 11.3 Å². The van der Waals surface area contributed by atoms with Gasteiger partial charge in [0.1, 0.15) is 0 Å². The van der Waals surface area contributed by atoms with Gasteiger partial charge < -0.3 is 4.72 Å². The van der Waals surface area contributed by atoms with Gasteiger partial charge in [0, 0.05) is 27.6 Å². The Hall–Kier alpha value is -1.17. The van der Waals surface area contributed by atoms with Gasteiger partial charge in [-0.15, -0.1) is 0 Å². The van der Waals surface area contributed by atoms with Gasteiger partial charge in [0.05, 0.1) is 0 Å². The molecule has 0 aliphatic carbocycles. The van der Waals surface area contributed by atoms with Crippen LogP contribution in [0.2, 0.25) is 10.0 Å². The van der Waals surface area contributed by atoms with Crippen molar-refractivity contribution in [2.24, 2.45) is 0 Å². The summed E-state index contributed by atoms with van der Waals surface area (Å²) in [7, 11) is 0. The van der Waals surface area contributed by atoms with Gasteiger partial charge in [-0.3, -0.25) is 9.89 Å². The third-order valence-electron chi connectivity index (χ3n) is 2.26. The lowest BCUT2D eigenvalue weighted by Gasteiger charge is -2.05. The zero-order valence-corrected chi connectivity index (χ0v) is 12.4. The van der Waals surface area contributed by atoms with Crippen LogP contribution in [0.25, 0.3) is 0 Å². The maximum absolute atomic E-state index is 11.6. The van der Waals surface area contributed by atoms with E-state index in [1.165, 1.54) is 18.0 Å². The molecule has 0 amide bonds. The van der Waals surface area contributed by atoms with E-state index in [0.29, 0.717) is 15.8 Å². The van der Waals surface area contributed by atoms with Gasteiger partial charge in [-0.25, -0.2) is 0 Å². The Kier molecular flexibility index (Phi) is 4.74. The van der Waals surface area contributed by atoms with Crippen molar-refractivity contribution in [3.63, 3.8) is 0 Å². The number of nitrogens with zero attached hydrogens (tertiary/aromatic N) is 1. The predicted molar refractivity (Wildman–Crippen MR) is 81.0 cm³/mol. The molecular formula is C12H11Cl2N3OS. The van der Waals surface area contributed by atoms with E-state index in [4.69, 9.17) is 23.2 Å². The zero-order valence-electron chi connectivity index (χ0n) is 10.0. The molecule has 1 aromatic carbocycles. The molecule has 0 aliphatic rings. The first-order valence-electron chi connectivity index (χ1n) is 5.44. The third-order valence-corrected chi connectivity index (χ3v) is 3.51. The van der Waals surface area contributed by atoms with Gasteiger partial charge in [0.15, 0.2) is 0 Å². The summed E-state index contributed by atoms with van der Waals surface area (Å²) in [4.78, 5) is 11.6. The summed E-state index contributed by atoms with van der Waals surface area (Å²) in [5.74, 6) is 0.902. The minimum Gasteiger partial charge on any atom is -0.309 e. The van der Waals surface area contributed by atoms with E-state index in [1.807, 2.05) is 12.1 Å². The number of hydrogen-bond acceptors (Lipinski definition) is 4. The largest absolute Gasteiger partial charge is 0.309 e. The Balaban J connectivity index is 1.98. The molecule has 7 heteroatoms. The highest BCUT2D eigenvalue weighted by molar-refractivity contribution is 7.99. The molecule has 0 atom stereocenters. The van der Waals surface area contributed by atoms with Crippen molar-refractivity contribution >= 4 is 41.0 Å². The van der Waals surface area contributed by atoms with E-state index in [-0.39, 0.29) is 11.2 Å². The summed E-state index contributed by atoms with van der Waals surface area (Å²) < 4.78 is 2.90. The Labute approximate surface area is 124 Å². The molecule has 0 saturated carbocycles. The van der Waals surface area contributed by atoms with E-state index >= 15 is 0 Å². The lowest BCUT2D eigenvalue weighted by atomic mass is 10.2. The molecule has 1 heterocycles. The highest BCUT2D eigenvalue weighted by Crippen LogP contribution is 2.22. The number of anilines is 1. The molecule has 4 nitrogen and oxygen atoms in total. The molecular weight excluding hydrogens is 305 g/mol. The molecule has 2 rings (SSSR count). The number of benzene rings is 1. The maximum atomic E-state index is 11.6. The Morgan fingerprint density at radius 2 is 1.95 bits per heavy atom. The fourth-order valence-corrected chi connectivity index (χ4v) is 2.71. The van der Waals surface area contributed by atoms with Crippen LogP contribution in [0.5, 0.6) is 0 Å². The molecule has 0 bridgehead atoms. The van der Waals surface area contributed by atoms with Crippen molar-refractivity contribution in [3.05, 3.63) is 55.8 Å². The number of nitrogens with one attached hydrogen (secondary N) is 2. The van der Waals surface area contributed by atoms with E-state index in [0.717, 1.165) is 11.3 Å². The van der Waals surface area contributed by atoms with Gasteiger partial charge in [-0.05, 0) is 42.6 Å². The molecule has 100 valence electrons. The number of aromatic nitrogens is 2. The Morgan fingerprint density at radius 1 is 1.26 bits per heavy atom. The van der Waals surface area contributed by atoms with Gasteiger partial charge in [-0.2, -0.15) is 5.10 Å². The number of aryl methyl sites for hydroxylation is 1. The predicted octanol–water partition coefficient (Wildman–Crippen LogP) is 3.65. The first-order chi connectivity index (χ1) is 9.04. The molecule has 0 unspecified atom stereocenters. The molecule has 0 aliphatic heterocycles. The SMILES string of the molecule is Cc1cc(=O)c(NSCc2cc(Cl)cc(Cl)c2)n[nH]1. The fourth-order valence-electron chi connectivity index (χ4n) is 1.45. The van der Waals surface area contributed by atoms with E-state index in [2.05, 4.69) is 14.9 Å². The summed E-state index contributed by atoms with van der Waals surface area (Å²) in [5, 5.41) is 7.85. The van der Waals surface area contributed by atoms with Crippen LogP contribution in [0.15, 0.2) is 29.1 Å². The van der Waals surface area contributed by atoms with Crippen LogP contribution in [0, 0.1) is 6.92 Å². The summed E-state index contributed by atoms with van der Waals surface area (Å²) in [6.07, 6.45) is 0. The Morgan fingerprint density at radius 3 is 2.58 bits per heavy atom. The average molecular weight is 316 g/mol. The molecule has 19 heavy (non-hydrogen) atoms. The molecule has 0 fully saturated rings. The van der Waals surface area contributed by atoms with Gasteiger partial charge >= 0.3 is 0 Å². The van der Waals surface area contributed by atoms with Crippen molar-refractivity contribution < 1.29 is 0 Å². The second-order valence-corrected chi connectivity index (χ2v) is 5.59. The highest BCUT2D eigenvalue weighted by atomic mass is 35.5. The van der Waals surface area contributed by atoms with Gasteiger partial charge in [0.25, 0.3) is 0 Å². The fraction of sp³-hybridized carbons (Fsp3) is 0.167. The normalized spacial score (nSPS) is 10.5. The topological polar surface area (TPSA) is 57.8 Å². The summed E-state index contributed by atoms with van der Waals surface area (Å²) in [5.41, 5.74) is 1.55. The van der Waals surface area contributed by atoms with Crippen LogP contribution < -0.4 is 10.2 Å². The smallest absolute Gasteiger partial charge is 0.225 e. The van der Waals surface area contributed by atoms with Crippen LogP contribution in [0.3, 0.4) is 0 Å². The second-order valence-electron chi connectivity index (χ2n) is 3.93. The zero-order chi connectivity index (χ0) is 13.8.